The zero-order chi connectivity index (χ0) is 0. The Kier molecular flexibility index (Phi) is 335. The van der Waals surface area contributed by atoms with Crippen LogP contribution >= 0.6 is 9.90 Å². The van der Waals surface area contributed by atoms with E-state index in [0.29, 0.717) is 0 Å². The molecular formula is H6AsGa3PSb. The molecule has 0 spiro atoms. The second-order valence-electron chi connectivity index (χ2n) is 0. The van der Waals surface area contributed by atoms with Gasteiger partial charge in [-0.05, 0) is 0 Å². The molecule has 0 aliphatic carbocycles. The van der Waals surface area contributed by atoms with Crippen LogP contribution in [0.25, 0.3) is 0 Å². The molecule has 0 saturated carbocycles. The van der Waals surface area contributed by atoms with Crippen molar-refractivity contribution >= 4 is 112 Å². The zero-order valence-corrected chi connectivity index (χ0v) is 12.7. The Morgan fingerprint density at radius 2 is 0.667 bits per heavy atom. The van der Waals surface area contributed by atoms with Crippen LogP contribution in [-0.4, -0.2) is 102 Å². The van der Waals surface area contributed by atoms with Crippen molar-refractivity contribution in [2.45, 2.75) is 0 Å². The number of rotatable bonds is 0. The zero-order valence-electron chi connectivity index (χ0n) is 2.63. The predicted molar refractivity (Wildman–Crippen MR) is 44.1 cm³/mol. The van der Waals surface area contributed by atoms with E-state index in [9.17, 15) is 0 Å². The van der Waals surface area contributed by atoms with Crippen molar-refractivity contribution < 1.29 is 0 Å². The van der Waals surface area contributed by atoms with Crippen LogP contribution < -0.4 is 0 Å². The molecule has 0 atom stereocenters. The van der Waals surface area contributed by atoms with Crippen LogP contribution in [-0.2, 0) is 0 Å². The standard InChI is InChI=1S/As.3Ga.P.Sb.6H/q-3;3*+3;2*-3;;;;;;. The molecule has 0 aliphatic heterocycles. The SMILES string of the molecule is [As-3].[Ga+3].[Ga+3].[Ga+3].[P-3].[SbH6-3]. The third kappa shape index (κ3) is 25.2. The summed E-state index contributed by atoms with van der Waals surface area (Å²) in [6.45, 7) is 0. The molecule has 0 unspecified atom stereocenters. The van der Waals surface area contributed by atoms with Gasteiger partial charge in [0.1, 0.15) is 0 Å². The molecule has 0 heterocycles. The number of hydrogen-bond acceptors (Lipinski definition) is 0. The van der Waals surface area contributed by atoms with Gasteiger partial charge < -0.3 is 27.9 Å². The van der Waals surface area contributed by atoms with Gasteiger partial charge in [0.05, 0.1) is 0 Å². The topological polar surface area (TPSA) is 0 Å². The summed E-state index contributed by atoms with van der Waals surface area (Å²) in [6.07, 6.45) is 0. The molecule has 0 fully saturated rings. The molecule has 6 heavy (non-hydrogen) atoms. The van der Waals surface area contributed by atoms with Crippen LogP contribution in [0.15, 0.2) is 0 Å². The summed E-state index contributed by atoms with van der Waals surface area (Å²) in [5, 5.41) is 0. The Balaban J connectivity index is 0. The average Bonchev–Trinajstić information content (AvgIpc) is 0. The predicted octanol–water partition coefficient (Wildman–Crippen LogP) is -2.65. The molecule has 0 aromatic heterocycles. The monoisotopic (exact) mass is 440 g/mol. The minimum absolute atomic E-state index is 0. The second kappa shape index (κ2) is 37.6. The molecule has 0 aliphatic rings. The molecule has 0 rings (SSSR count). The van der Waals surface area contributed by atoms with Gasteiger partial charge in [-0.1, -0.05) is 0 Å². The number of hydrogen-bond donors (Lipinski definition) is 0. The van der Waals surface area contributed by atoms with Crippen molar-refractivity contribution in [2.75, 3.05) is 0 Å². The van der Waals surface area contributed by atoms with Crippen LogP contribution in [0.4, 0.5) is 0 Å². The summed E-state index contributed by atoms with van der Waals surface area (Å²) in [5.41, 5.74) is 0. The summed E-state index contributed by atoms with van der Waals surface area (Å²) in [5.74, 6) is 0. The second-order valence-corrected chi connectivity index (χ2v) is 0. The van der Waals surface area contributed by atoms with Crippen molar-refractivity contribution in [3.8, 4) is 0 Å². The van der Waals surface area contributed by atoms with Gasteiger partial charge in [0.2, 0.25) is 0 Å². The van der Waals surface area contributed by atoms with Crippen molar-refractivity contribution in [2.24, 2.45) is 0 Å². The summed E-state index contributed by atoms with van der Waals surface area (Å²) in [6, 6.07) is 0. The van der Waals surface area contributed by atoms with E-state index < -0.39 is 0 Å². The van der Waals surface area contributed by atoms with Gasteiger partial charge in [-0.25, -0.2) is 0 Å². The van der Waals surface area contributed by atoms with E-state index in [1.807, 2.05) is 0 Å². The van der Waals surface area contributed by atoms with Gasteiger partial charge in [0, 0.05) is 0 Å². The van der Waals surface area contributed by atoms with Crippen molar-refractivity contribution in [1.29, 1.82) is 0 Å². The summed E-state index contributed by atoms with van der Waals surface area (Å²) in [4.78, 5) is 0. The Morgan fingerprint density at radius 3 is 0.667 bits per heavy atom. The molecule has 0 radical (unpaired) electrons. The first-order valence-corrected chi connectivity index (χ1v) is 0. The molecule has 0 bridgehead atoms. The average molecular weight is 443 g/mol. The molecule has 0 aromatic carbocycles. The quantitative estimate of drug-likeness (QED) is 0.284. The van der Waals surface area contributed by atoms with Gasteiger partial charge in [0.15, 0.2) is 0 Å². The van der Waals surface area contributed by atoms with Crippen molar-refractivity contribution in [3.05, 3.63) is 0 Å². The van der Waals surface area contributed by atoms with Gasteiger partial charge in [-0.3, -0.25) is 0 Å². The third-order valence-corrected chi connectivity index (χ3v) is 0. The Morgan fingerprint density at radius 1 is 0.667 bits per heavy atom. The van der Waals surface area contributed by atoms with Gasteiger partial charge in [-0.2, -0.15) is 0 Å². The maximum atomic E-state index is 0. The minimum atomic E-state index is 0. The Hall–Kier alpha value is 3.72. The first-order chi connectivity index (χ1) is 0. The van der Waals surface area contributed by atoms with Gasteiger partial charge in [0.25, 0.3) is 0 Å². The fraction of sp³-hybridized carbons (Fsp3) is 0. The molecule has 0 saturated heterocycles. The van der Waals surface area contributed by atoms with E-state index in [1.165, 1.54) is 0 Å². The fourth-order valence-electron chi connectivity index (χ4n) is 0. The summed E-state index contributed by atoms with van der Waals surface area (Å²) < 4.78 is 0. The fourth-order valence-corrected chi connectivity index (χ4v) is 0. The molecular weight excluding hydrogens is 437 g/mol. The van der Waals surface area contributed by atoms with E-state index in [1.54, 1.807) is 0 Å². The van der Waals surface area contributed by atoms with Gasteiger partial charge >= 0.3 is 83.8 Å². The van der Waals surface area contributed by atoms with Crippen LogP contribution in [0.2, 0.25) is 0 Å². The van der Waals surface area contributed by atoms with Crippen LogP contribution in [0.3, 0.4) is 0 Å². The first-order valence-electron chi connectivity index (χ1n) is 0. The van der Waals surface area contributed by atoms with E-state index >= 15 is 0 Å². The Bertz CT molecular complexity index is 10.8. The van der Waals surface area contributed by atoms with E-state index in [0.717, 1.165) is 0 Å². The van der Waals surface area contributed by atoms with Crippen molar-refractivity contribution in [1.82, 2.24) is 0 Å². The third-order valence-electron chi connectivity index (χ3n) is 0. The van der Waals surface area contributed by atoms with Crippen LogP contribution in [0.5, 0.6) is 0 Å². The van der Waals surface area contributed by atoms with Crippen LogP contribution in [0.1, 0.15) is 0 Å². The van der Waals surface area contributed by atoms with E-state index in [-0.39, 0.29) is 112 Å². The first kappa shape index (κ1) is 53.5. The molecule has 30 valence electrons. The molecule has 0 nitrogen and oxygen atoms in total. The van der Waals surface area contributed by atoms with Crippen molar-refractivity contribution in [3.63, 3.8) is 0 Å². The summed E-state index contributed by atoms with van der Waals surface area (Å²) >= 11 is 0. The molecule has 6 heteroatoms. The van der Waals surface area contributed by atoms with E-state index in [2.05, 4.69) is 0 Å². The summed E-state index contributed by atoms with van der Waals surface area (Å²) in [7, 11) is 0. The molecule has 0 N–H and O–H groups in total. The van der Waals surface area contributed by atoms with Gasteiger partial charge in [-0.15, -0.1) is 0 Å². The molecule has 0 aromatic rings. The van der Waals surface area contributed by atoms with E-state index in [4.69, 9.17) is 0 Å². The van der Waals surface area contributed by atoms with Crippen LogP contribution in [0, 0.1) is 0 Å². The molecule has 0 amide bonds. The normalized spacial score (nSPS) is 0. The Labute approximate surface area is 110 Å². The maximum absolute atomic E-state index is 0.